The number of rotatable bonds is 1. The molecule has 0 unspecified atom stereocenters. The molecule has 1 fully saturated rings. The summed E-state index contributed by atoms with van der Waals surface area (Å²) in [7, 11) is 2.09. The zero-order chi connectivity index (χ0) is 12.7. The van der Waals surface area contributed by atoms with Gasteiger partial charge in [0.1, 0.15) is 11.3 Å². The van der Waals surface area contributed by atoms with E-state index in [1.807, 2.05) is 6.07 Å². The number of phenols is 1. The Kier molecular flexibility index (Phi) is 2.63. The average Bonchev–Trinajstić information content (AvgIpc) is 2.68. The molecule has 0 spiro atoms. The maximum atomic E-state index is 12.1. The third kappa shape index (κ3) is 1.71. The summed E-state index contributed by atoms with van der Waals surface area (Å²) in [5.74, 6) is 0.171. The van der Waals surface area contributed by atoms with Crippen LogP contribution in [0.2, 0.25) is 0 Å². The van der Waals surface area contributed by atoms with Crippen LogP contribution in [0.4, 0.5) is 0 Å². The number of hydrogen-bond donors (Lipinski definition) is 2. The van der Waals surface area contributed by atoms with Gasteiger partial charge in [-0.05, 0) is 45.1 Å². The molecule has 1 aromatic carbocycles. The molecule has 0 saturated carbocycles. The smallest absolute Gasteiger partial charge is 0.326 e. The maximum absolute atomic E-state index is 12.1. The standard InChI is InChI=1S/C13H17N3O2/c1-15-7-5-9(6-8-15)16-12-10(14-13(16)18)3-2-4-11(12)17/h2-4,9,17H,5-8H2,1H3,(H,14,18). The van der Waals surface area contributed by atoms with Gasteiger partial charge in [-0.25, -0.2) is 4.79 Å². The summed E-state index contributed by atoms with van der Waals surface area (Å²) in [5, 5.41) is 9.96. The number of imidazole rings is 1. The van der Waals surface area contributed by atoms with Gasteiger partial charge in [0.05, 0.1) is 5.52 Å². The Bertz CT molecular complexity index is 621. The molecule has 0 aliphatic carbocycles. The molecular weight excluding hydrogens is 230 g/mol. The number of H-pyrrole nitrogens is 1. The Morgan fingerprint density at radius 3 is 2.78 bits per heavy atom. The van der Waals surface area contributed by atoms with Crippen molar-refractivity contribution in [3.05, 3.63) is 28.7 Å². The normalized spacial score (nSPS) is 18.5. The summed E-state index contributed by atoms with van der Waals surface area (Å²) in [4.78, 5) is 17.1. The highest BCUT2D eigenvalue weighted by Crippen LogP contribution is 2.28. The van der Waals surface area contributed by atoms with E-state index >= 15 is 0 Å². The van der Waals surface area contributed by atoms with Crippen LogP contribution in [0.25, 0.3) is 11.0 Å². The molecule has 18 heavy (non-hydrogen) atoms. The van der Waals surface area contributed by atoms with Crippen LogP contribution in [0.3, 0.4) is 0 Å². The molecule has 2 heterocycles. The molecule has 0 bridgehead atoms. The molecule has 5 heteroatoms. The maximum Gasteiger partial charge on any atom is 0.326 e. The summed E-state index contributed by atoms with van der Waals surface area (Å²) >= 11 is 0. The Morgan fingerprint density at radius 1 is 1.33 bits per heavy atom. The largest absolute Gasteiger partial charge is 0.506 e. The molecule has 2 aromatic rings. The van der Waals surface area contributed by atoms with E-state index in [1.54, 1.807) is 16.7 Å². The minimum absolute atomic E-state index is 0.124. The molecule has 96 valence electrons. The predicted molar refractivity (Wildman–Crippen MR) is 70.0 cm³/mol. The first-order valence-electron chi connectivity index (χ1n) is 6.27. The van der Waals surface area contributed by atoms with Gasteiger partial charge < -0.3 is 15.0 Å². The highest BCUT2D eigenvalue weighted by molar-refractivity contribution is 5.81. The number of piperidine rings is 1. The lowest BCUT2D eigenvalue weighted by atomic mass is 10.1. The number of aromatic nitrogens is 2. The lowest BCUT2D eigenvalue weighted by molar-refractivity contribution is 0.221. The Morgan fingerprint density at radius 2 is 2.06 bits per heavy atom. The zero-order valence-electron chi connectivity index (χ0n) is 10.4. The van der Waals surface area contributed by atoms with Crippen molar-refractivity contribution in [2.45, 2.75) is 18.9 Å². The van der Waals surface area contributed by atoms with Crippen LogP contribution in [0, 0.1) is 0 Å². The number of phenolic OH excluding ortho intramolecular Hbond substituents is 1. The molecular formula is C13H17N3O2. The van der Waals surface area contributed by atoms with Crippen molar-refractivity contribution in [1.29, 1.82) is 0 Å². The van der Waals surface area contributed by atoms with Crippen LogP contribution in [0.15, 0.2) is 23.0 Å². The van der Waals surface area contributed by atoms with Crippen LogP contribution < -0.4 is 5.69 Å². The van der Waals surface area contributed by atoms with Gasteiger partial charge in [-0.1, -0.05) is 6.07 Å². The Labute approximate surface area is 105 Å². The summed E-state index contributed by atoms with van der Waals surface area (Å²) in [6, 6.07) is 5.37. The molecule has 0 amide bonds. The SMILES string of the molecule is CN1CCC(n2c(=O)[nH]c3cccc(O)c32)CC1. The van der Waals surface area contributed by atoms with Crippen molar-refractivity contribution in [1.82, 2.24) is 14.5 Å². The van der Waals surface area contributed by atoms with Gasteiger partial charge in [-0.15, -0.1) is 0 Å². The number of aromatic amines is 1. The number of fused-ring (bicyclic) bond motifs is 1. The van der Waals surface area contributed by atoms with Gasteiger partial charge >= 0.3 is 5.69 Å². The Hall–Kier alpha value is -1.75. The number of likely N-dealkylation sites (tertiary alicyclic amines) is 1. The third-order valence-corrected chi connectivity index (χ3v) is 3.77. The fourth-order valence-corrected chi connectivity index (χ4v) is 2.76. The minimum atomic E-state index is -0.124. The highest BCUT2D eigenvalue weighted by Gasteiger charge is 2.22. The summed E-state index contributed by atoms with van der Waals surface area (Å²) in [6.07, 6.45) is 1.88. The second kappa shape index (κ2) is 4.17. The van der Waals surface area contributed by atoms with Crippen LogP contribution in [0.1, 0.15) is 18.9 Å². The number of hydrogen-bond acceptors (Lipinski definition) is 3. The van der Waals surface area contributed by atoms with Crippen molar-refractivity contribution in [3.63, 3.8) is 0 Å². The van der Waals surface area contributed by atoms with E-state index < -0.39 is 0 Å². The monoisotopic (exact) mass is 247 g/mol. The van der Waals surface area contributed by atoms with Crippen molar-refractivity contribution >= 4 is 11.0 Å². The zero-order valence-corrected chi connectivity index (χ0v) is 10.4. The van der Waals surface area contributed by atoms with Gasteiger partial charge in [0.15, 0.2) is 0 Å². The van der Waals surface area contributed by atoms with E-state index in [1.165, 1.54) is 0 Å². The first-order chi connectivity index (χ1) is 8.66. The number of aromatic hydroxyl groups is 1. The molecule has 0 radical (unpaired) electrons. The van der Waals surface area contributed by atoms with E-state index in [0.29, 0.717) is 11.0 Å². The molecule has 2 N–H and O–H groups in total. The predicted octanol–water partition coefficient (Wildman–Crippen LogP) is 1.30. The number of para-hydroxylation sites is 1. The first kappa shape index (κ1) is 11.3. The summed E-state index contributed by atoms with van der Waals surface area (Å²) < 4.78 is 1.72. The highest BCUT2D eigenvalue weighted by atomic mass is 16.3. The van der Waals surface area contributed by atoms with Gasteiger partial charge in [-0.3, -0.25) is 4.57 Å². The van der Waals surface area contributed by atoms with Crippen LogP contribution >= 0.6 is 0 Å². The molecule has 1 aliphatic heterocycles. The van der Waals surface area contributed by atoms with E-state index in [0.717, 1.165) is 25.9 Å². The molecule has 1 saturated heterocycles. The van der Waals surface area contributed by atoms with Crippen molar-refractivity contribution in [2.75, 3.05) is 20.1 Å². The van der Waals surface area contributed by atoms with Gasteiger partial charge in [0.2, 0.25) is 0 Å². The lowest BCUT2D eigenvalue weighted by Gasteiger charge is -2.29. The fourth-order valence-electron chi connectivity index (χ4n) is 2.76. The number of nitrogens with one attached hydrogen (secondary N) is 1. The van der Waals surface area contributed by atoms with Gasteiger partial charge in [0.25, 0.3) is 0 Å². The van der Waals surface area contributed by atoms with Crippen LogP contribution in [0.5, 0.6) is 5.75 Å². The van der Waals surface area contributed by atoms with Crippen molar-refractivity contribution < 1.29 is 5.11 Å². The number of nitrogens with zero attached hydrogens (tertiary/aromatic N) is 2. The second-order valence-electron chi connectivity index (χ2n) is 5.01. The summed E-state index contributed by atoms with van der Waals surface area (Å²) in [6.45, 7) is 1.97. The van der Waals surface area contributed by atoms with Crippen molar-refractivity contribution in [2.24, 2.45) is 0 Å². The summed E-state index contributed by atoms with van der Waals surface area (Å²) in [5.41, 5.74) is 1.22. The van der Waals surface area contributed by atoms with E-state index in [4.69, 9.17) is 0 Å². The lowest BCUT2D eigenvalue weighted by Crippen LogP contribution is -2.34. The fraction of sp³-hybridized carbons (Fsp3) is 0.462. The Balaban J connectivity index is 2.11. The van der Waals surface area contributed by atoms with E-state index in [2.05, 4.69) is 16.9 Å². The molecule has 1 aliphatic rings. The van der Waals surface area contributed by atoms with E-state index in [-0.39, 0.29) is 17.5 Å². The molecule has 1 aromatic heterocycles. The molecule has 5 nitrogen and oxygen atoms in total. The topological polar surface area (TPSA) is 61.3 Å². The van der Waals surface area contributed by atoms with Crippen molar-refractivity contribution in [3.8, 4) is 5.75 Å². The van der Waals surface area contributed by atoms with Crippen LogP contribution in [-0.4, -0.2) is 39.7 Å². The first-order valence-corrected chi connectivity index (χ1v) is 6.27. The third-order valence-electron chi connectivity index (χ3n) is 3.77. The second-order valence-corrected chi connectivity index (χ2v) is 5.01. The molecule has 3 rings (SSSR count). The number of benzene rings is 1. The quantitative estimate of drug-likeness (QED) is 0.798. The van der Waals surface area contributed by atoms with Gasteiger partial charge in [-0.2, -0.15) is 0 Å². The van der Waals surface area contributed by atoms with Crippen LogP contribution in [-0.2, 0) is 0 Å². The molecule has 0 atom stereocenters. The minimum Gasteiger partial charge on any atom is -0.506 e. The van der Waals surface area contributed by atoms with E-state index in [9.17, 15) is 9.90 Å². The average molecular weight is 247 g/mol. The van der Waals surface area contributed by atoms with Gasteiger partial charge in [0, 0.05) is 6.04 Å².